The molecule has 0 aliphatic carbocycles. The van der Waals surface area contributed by atoms with Gasteiger partial charge in [-0.2, -0.15) is 0 Å². The van der Waals surface area contributed by atoms with Crippen molar-refractivity contribution in [1.82, 2.24) is 5.32 Å². The summed E-state index contributed by atoms with van der Waals surface area (Å²) in [7, 11) is 0. The third-order valence-corrected chi connectivity index (χ3v) is 3.83. The lowest BCUT2D eigenvalue weighted by Gasteiger charge is -2.11. The van der Waals surface area contributed by atoms with E-state index in [1.807, 2.05) is 42.5 Å². The molecule has 0 heterocycles. The molecule has 132 valence electrons. The Morgan fingerprint density at radius 1 is 1.04 bits per heavy atom. The van der Waals surface area contributed by atoms with Gasteiger partial charge >= 0.3 is 0 Å². The van der Waals surface area contributed by atoms with Crippen LogP contribution in [0, 0.1) is 0 Å². The molecule has 0 unspecified atom stereocenters. The van der Waals surface area contributed by atoms with Crippen LogP contribution in [0.3, 0.4) is 0 Å². The van der Waals surface area contributed by atoms with E-state index >= 15 is 0 Å². The molecule has 1 amide bonds. The monoisotopic (exact) mass is 356 g/mol. The van der Waals surface area contributed by atoms with Crippen LogP contribution in [-0.4, -0.2) is 17.6 Å². The molecule has 0 radical (unpaired) electrons. The first kappa shape index (κ1) is 18.9. The first-order valence-electron chi connectivity index (χ1n) is 8.59. The molecule has 2 rings (SSSR count). The predicted octanol–water partition coefficient (Wildman–Crippen LogP) is 4.77. The molecule has 0 atom stereocenters. The second-order valence-corrected chi connectivity index (χ2v) is 6.12. The van der Waals surface area contributed by atoms with Crippen molar-refractivity contribution < 1.29 is 9.53 Å². The van der Waals surface area contributed by atoms with Crippen molar-refractivity contribution in [2.45, 2.75) is 32.6 Å². The van der Waals surface area contributed by atoms with E-state index in [4.69, 9.17) is 17.0 Å². The van der Waals surface area contributed by atoms with E-state index in [0.29, 0.717) is 12.2 Å². The minimum atomic E-state index is -0.235. The lowest BCUT2D eigenvalue weighted by atomic mass is 10.2. The van der Waals surface area contributed by atoms with Crippen LogP contribution in [0.5, 0.6) is 5.75 Å². The Morgan fingerprint density at radius 3 is 2.60 bits per heavy atom. The molecule has 0 saturated heterocycles. The second kappa shape index (κ2) is 10.5. The molecule has 0 saturated carbocycles. The Bertz CT molecular complexity index is 689. The van der Waals surface area contributed by atoms with Gasteiger partial charge in [0.25, 0.3) is 5.91 Å². The van der Waals surface area contributed by atoms with Gasteiger partial charge in [-0.05, 0) is 42.9 Å². The van der Waals surface area contributed by atoms with Crippen LogP contribution in [-0.2, 0) is 0 Å². The SMILES string of the molecule is CCCCCCOc1cccc(NC(=S)NC(=O)c2ccccc2)c1. The summed E-state index contributed by atoms with van der Waals surface area (Å²) in [4.78, 5) is 12.1. The quantitative estimate of drug-likeness (QED) is 0.528. The lowest BCUT2D eigenvalue weighted by Crippen LogP contribution is -2.34. The maximum absolute atomic E-state index is 12.1. The molecule has 0 aliphatic rings. The normalized spacial score (nSPS) is 10.1. The molecule has 0 bridgehead atoms. The van der Waals surface area contributed by atoms with Crippen LogP contribution in [0.1, 0.15) is 43.0 Å². The molecule has 2 N–H and O–H groups in total. The molecule has 0 fully saturated rings. The van der Waals surface area contributed by atoms with Crippen molar-refractivity contribution in [2.75, 3.05) is 11.9 Å². The van der Waals surface area contributed by atoms with E-state index in [1.165, 1.54) is 19.3 Å². The van der Waals surface area contributed by atoms with Gasteiger partial charge in [-0.15, -0.1) is 0 Å². The molecule has 2 aromatic carbocycles. The third-order valence-electron chi connectivity index (χ3n) is 3.62. The number of ether oxygens (including phenoxy) is 1. The molecule has 25 heavy (non-hydrogen) atoms. The van der Waals surface area contributed by atoms with E-state index in [1.54, 1.807) is 12.1 Å². The fraction of sp³-hybridized carbons (Fsp3) is 0.300. The first-order valence-corrected chi connectivity index (χ1v) is 9.00. The van der Waals surface area contributed by atoms with Crippen LogP contribution in [0.2, 0.25) is 0 Å². The highest BCUT2D eigenvalue weighted by atomic mass is 32.1. The summed E-state index contributed by atoms with van der Waals surface area (Å²) in [5.41, 5.74) is 1.35. The predicted molar refractivity (Wildman–Crippen MR) is 106 cm³/mol. The van der Waals surface area contributed by atoms with E-state index in [-0.39, 0.29) is 11.0 Å². The summed E-state index contributed by atoms with van der Waals surface area (Å²) in [5, 5.41) is 5.94. The molecule has 2 aromatic rings. The zero-order valence-electron chi connectivity index (χ0n) is 14.5. The van der Waals surface area contributed by atoms with Crippen molar-refractivity contribution >= 4 is 28.9 Å². The number of anilines is 1. The maximum Gasteiger partial charge on any atom is 0.257 e. The van der Waals surface area contributed by atoms with Crippen molar-refractivity contribution in [3.63, 3.8) is 0 Å². The number of carbonyl (C=O) groups is 1. The molecule has 5 heteroatoms. The molecular weight excluding hydrogens is 332 g/mol. The number of unbranched alkanes of at least 4 members (excludes halogenated alkanes) is 3. The molecule has 0 aromatic heterocycles. The maximum atomic E-state index is 12.1. The number of thiocarbonyl (C=S) groups is 1. The Labute approximate surface area is 154 Å². The van der Waals surface area contributed by atoms with Gasteiger partial charge in [0, 0.05) is 17.3 Å². The highest BCUT2D eigenvalue weighted by Crippen LogP contribution is 2.18. The number of hydrogen-bond donors (Lipinski definition) is 2. The highest BCUT2D eigenvalue weighted by Gasteiger charge is 2.07. The summed E-state index contributed by atoms with van der Waals surface area (Å²) in [6, 6.07) is 16.5. The van der Waals surface area contributed by atoms with Gasteiger partial charge in [0.1, 0.15) is 5.75 Å². The Morgan fingerprint density at radius 2 is 1.84 bits per heavy atom. The lowest BCUT2D eigenvalue weighted by molar-refractivity contribution is 0.0977. The van der Waals surface area contributed by atoms with Gasteiger partial charge in [-0.3, -0.25) is 10.1 Å². The van der Waals surface area contributed by atoms with E-state index < -0.39 is 0 Å². The van der Waals surface area contributed by atoms with Crippen LogP contribution < -0.4 is 15.4 Å². The Hall–Kier alpha value is -2.40. The second-order valence-electron chi connectivity index (χ2n) is 5.71. The van der Waals surface area contributed by atoms with Gasteiger partial charge in [-0.1, -0.05) is 50.5 Å². The number of hydrogen-bond acceptors (Lipinski definition) is 3. The number of rotatable bonds is 8. The largest absolute Gasteiger partial charge is 0.494 e. The fourth-order valence-electron chi connectivity index (χ4n) is 2.31. The summed E-state index contributed by atoms with van der Waals surface area (Å²) in [6.45, 7) is 2.90. The van der Waals surface area contributed by atoms with Gasteiger partial charge in [-0.25, -0.2) is 0 Å². The molecule has 0 aliphatic heterocycles. The van der Waals surface area contributed by atoms with Crippen LogP contribution in [0.4, 0.5) is 5.69 Å². The topological polar surface area (TPSA) is 50.4 Å². The molecule has 0 spiro atoms. The minimum absolute atomic E-state index is 0.235. The number of benzene rings is 2. The molecular formula is C20H24N2O2S. The van der Waals surface area contributed by atoms with Crippen LogP contribution in [0.15, 0.2) is 54.6 Å². The smallest absolute Gasteiger partial charge is 0.257 e. The summed E-state index contributed by atoms with van der Waals surface area (Å²) in [6.07, 6.45) is 4.69. The van der Waals surface area contributed by atoms with Gasteiger partial charge in [0.15, 0.2) is 5.11 Å². The molecule has 4 nitrogen and oxygen atoms in total. The Balaban J connectivity index is 1.82. The minimum Gasteiger partial charge on any atom is -0.494 e. The highest BCUT2D eigenvalue weighted by molar-refractivity contribution is 7.80. The number of amides is 1. The fourth-order valence-corrected chi connectivity index (χ4v) is 2.52. The van der Waals surface area contributed by atoms with Crippen molar-refractivity contribution in [3.05, 3.63) is 60.2 Å². The Kier molecular flexibility index (Phi) is 7.92. The summed E-state index contributed by atoms with van der Waals surface area (Å²) < 4.78 is 5.75. The van der Waals surface area contributed by atoms with Gasteiger partial charge in [0.05, 0.1) is 6.61 Å². The first-order chi connectivity index (χ1) is 12.2. The third kappa shape index (κ3) is 6.93. The van der Waals surface area contributed by atoms with Crippen LogP contribution >= 0.6 is 12.2 Å². The van der Waals surface area contributed by atoms with Gasteiger partial charge in [0.2, 0.25) is 0 Å². The van der Waals surface area contributed by atoms with Crippen molar-refractivity contribution in [1.29, 1.82) is 0 Å². The standard InChI is InChI=1S/C20H24N2O2S/c1-2-3-4-8-14-24-18-13-9-12-17(15-18)21-20(25)22-19(23)16-10-6-5-7-11-16/h5-7,9-13,15H,2-4,8,14H2,1H3,(H2,21,22,23,25). The van der Waals surface area contributed by atoms with Crippen molar-refractivity contribution in [2.24, 2.45) is 0 Å². The van der Waals surface area contributed by atoms with Crippen LogP contribution in [0.25, 0.3) is 0 Å². The van der Waals surface area contributed by atoms with E-state index in [9.17, 15) is 4.79 Å². The number of nitrogens with one attached hydrogen (secondary N) is 2. The zero-order chi connectivity index (χ0) is 17.9. The van der Waals surface area contributed by atoms with E-state index in [2.05, 4.69) is 17.6 Å². The van der Waals surface area contributed by atoms with Gasteiger partial charge < -0.3 is 10.1 Å². The number of carbonyl (C=O) groups excluding carboxylic acids is 1. The average molecular weight is 356 g/mol. The summed E-state index contributed by atoms with van der Waals surface area (Å²) >= 11 is 5.21. The van der Waals surface area contributed by atoms with Crippen molar-refractivity contribution in [3.8, 4) is 5.75 Å². The average Bonchev–Trinajstić information content (AvgIpc) is 2.62. The zero-order valence-corrected chi connectivity index (χ0v) is 15.3. The summed E-state index contributed by atoms with van der Waals surface area (Å²) in [5.74, 6) is 0.556. The van der Waals surface area contributed by atoms with E-state index in [0.717, 1.165) is 17.9 Å².